The molecule has 0 bridgehead atoms. The Hall–Kier alpha value is -1.98. The first-order chi connectivity index (χ1) is 8.72. The summed E-state index contributed by atoms with van der Waals surface area (Å²) in [7, 11) is 0. The van der Waals surface area contributed by atoms with Crippen molar-refractivity contribution in [2.45, 2.75) is 46.2 Å². The standard InChI is InChI=1S/C13H19N3O3/c1-8(2)16(10(4)17)13(5,12(18)19)11-9(3)14-6-7-15-11/h6-8H,1-5H3,(H,18,19). The Kier molecular flexibility index (Phi) is 4.24. The first kappa shape index (κ1) is 15.1. The van der Waals surface area contributed by atoms with E-state index >= 15 is 0 Å². The molecule has 0 aliphatic carbocycles. The van der Waals surface area contributed by atoms with Crippen LogP contribution in [0.4, 0.5) is 0 Å². The number of carbonyl (C=O) groups is 2. The van der Waals surface area contributed by atoms with Crippen LogP contribution in [-0.4, -0.2) is 37.9 Å². The number of nitrogens with zero attached hydrogens (tertiary/aromatic N) is 3. The SMILES string of the molecule is CC(=O)N(C(C)C)C(C)(C(=O)O)c1nccnc1C. The largest absolute Gasteiger partial charge is 0.479 e. The molecule has 0 saturated heterocycles. The summed E-state index contributed by atoms with van der Waals surface area (Å²) in [5, 5.41) is 9.62. The van der Waals surface area contributed by atoms with E-state index in [4.69, 9.17) is 0 Å². The first-order valence-corrected chi connectivity index (χ1v) is 6.04. The van der Waals surface area contributed by atoms with Gasteiger partial charge in [-0.25, -0.2) is 4.79 Å². The predicted molar refractivity (Wildman–Crippen MR) is 69.4 cm³/mol. The van der Waals surface area contributed by atoms with Crippen LogP contribution in [0.3, 0.4) is 0 Å². The lowest BCUT2D eigenvalue weighted by molar-refractivity contribution is -0.160. The number of carboxylic acid groups (broad SMARTS) is 1. The number of aromatic nitrogens is 2. The highest BCUT2D eigenvalue weighted by Crippen LogP contribution is 2.30. The van der Waals surface area contributed by atoms with Crippen molar-refractivity contribution in [1.82, 2.24) is 14.9 Å². The van der Waals surface area contributed by atoms with Gasteiger partial charge in [-0.1, -0.05) is 0 Å². The van der Waals surface area contributed by atoms with E-state index in [2.05, 4.69) is 9.97 Å². The highest BCUT2D eigenvalue weighted by molar-refractivity contribution is 5.87. The van der Waals surface area contributed by atoms with Crippen molar-refractivity contribution in [2.24, 2.45) is 0 Å². The van der Waals surface area contributed by atoms with Gasteiger partial charge in [0, 0.05) is 25.4 Å². The van der Waals surface area contributed by atoms with Crippen LogP contribution in [-0.2, 0) is 15.1 Å². The molecule has 1 atom stereocenters. The molecule has 0 radical (unpaired) electrons. The highest BCUT2D eigenvalue weighted by atomic mass is 16.4. The molecule has 19 heavy (non-hydrogen) atoms. The molecule has 1 rings (SSSR count). The van der Waals surface area contributed by atoms with Crippen molar-refractivity contribution in [2.75, 3.05) is 0 Å². The average molecular weight is 265 g/mol. The molecule has 0 saturated carbocycles. The molecule has 1 N–H and O–H groups in total. The summed E-state index contributed by atoms with van der Waals surface area (Å²) in [5.74, 6) is -1.44. The van der Waals surface area contributed by atoms with Gasteiger partial charge in [-0.05, 0) is 27.7 Å². The van der Waals surface area contributed by atoms with Crippen molar-refractivity contribution in [3.63, 3.8) is 0 Å². The number of rotatable bonds is 4. The number of aliphatic carboxylic acids is 1. The average Bonchev–Trinajstić information content (AvgIpc) is 2.27. The lowest BCUT2D eigenvalue weighted by Crippen LogP contribution is -2.55. The zero-order valence-corrected chi connectivity index (χ0v) is 11.8. The van der Waals surface area contributed by atoms with Gasteiger partial charge in [0.15, 0.2) is 5.54 Å². The van der Waals surface area contributed by atoms with Crippen LogP contribution < -0.4 is 0 Å². The first-order valence-electron chi connectivity index (χ1n) is 6.04. The number of aryl methyl sites for hydroxylation is 1. The van der Waals surface area contributed by atoms with Crippen molar-refractivity contribution in [3.05, 3.63) is 23.8 Å². The fourth-order valence-electron chi connectivity index (χ4n) is 2.40. The fraction of sp³-hybridized carbons (Fsp3) is 0.538. The second kappa shape index (κ2) is 5.34. The summed E-state index contributed by atoms with van der Waals surface area (Å²) in [6.45, 7) is 8.06. The third kappa shape index (κ3) is 2.57. The van der Waals surface area contributed by atoms with Crippen molar-refractivity contribution < 1.29 is 14.7 Å². The molecular weight excluding hydrogens is 246 g/mol. The normalized spacial score (nSPS) is 14.0. The molecule has 6 heteroatoms. The Morgan fingerprint density at radius 1 is 1.32 bits per heavy atom. The van der Waals surface area contributed by atoms with Gasteiger partial charge in [-0.2, -0.15) is 0 Å². The van der Waals surface area contributed by atoms with Crippen LogP contribution in [0.2, 0.25) is 0 Å². The highest BCUT2D eigenvalue weighted by Gasteiger charge is 2.46. The van der Waals surface area contributed by atoms with Gasteiger partial charge < -0.3 is 10.0 Å². The van der Waals surface area contributed by atoms with E-state index in [1.165, 1.54) is 31.1 Å². The van der Waals surface area contributed by atoms with Gasteiger partial charge in [0.05, 0.1) is 11.4 Å². The van der Waals surface area contributed by atoms with Crippen LogP contribution in [0.25, 0.3) is 0 Å². The lowest BCUT2D eigenvalue weighted by atomic mass is 9.92. The minimum atomic E-state index is -1.53. The van der Waals surface area contributed by atoms with E-state index in [9.17, 15) is 14.7 Å². The molecule has 0 aliphatic heterocycles. The molecule has 6 nitrogen and oxygen atoms in total. The summed E-state index contributed by atoms with van der Waals surface area (Å²) in [5.41, 5.74) is -0.746. The van der Waals surface area contributed by atoms with E-state index in [0.717, 1.165) is 0 Å². The Labute approximate surface area is 112 Å². The molecule has 1 aromatic rings. The molecule has 0 aliphatic rings. The third-order valence-corrected chi connectivity index (χ3v) is 3.10. The van der Waals surface area contributed by atoms with Crippen molar-refractivity contribution in [1.29, 1.82) is 0 Å². The Morgan fingerprint density at radius 2 is 1.84 bits per heavy atom. The Balaban J connectivity index is 3.52. The predicted octanol–water partition coefficient (Wildman–Crippen LogP) is 1.34. The maximum atomic E-state index is 11.8. The molecule has 1 amide bonds. The number of carbonyl (C=O) groups excluding carboxylic acids is 1. The van der Waals surface area contributed by atoms with Crippen LogP contribution in [0.1, 0.15) is 39.1 Å². The second-order valence-electron chi connectivity index (χ2n) is 4.85. The van der Waals surface area contributed by atoms with Crippen molar-refractivity contribution in [3.8, 4) is 0 Å². The molecule has 0 fully saturated rings. The molecule has 0 spiro atoms. The minimum absolute atomic E-state index is 0.264. The molecule has 0 aromatic carbocycles. The van der Waals surface area contributed by atoms with Gasteiger partial charge in [0.2, 0.25) is 5.91 Å². The summed E-state index contributed by atoms with van der Waals surface area (Å²) in [6, 6.07) is -0.264. The minimum Gasteiger partial charge on any atom is -0.479 e. The molecule has 1 heterocycles. The maximum absolute atomic E-state index is 11.8. The van der Waals surface area contributed by atoms with Crippen LogP contribution >= 0.6 is 0 Å². The number of hydrogen-bond acceptors (Lipinski definition) is 4. The second-order valence-corrected chi connectivity index (χ2v) is 4.85. The quantitative estimate of drug-likeness (QED) is 0.888. The number of amides is 1. The molecule has 104 valence electrons. The van der Waals surface area contributed by atoms with Crippen LogP contribution in [0.15, 0.2) is 12.4 Å². The topological polar surface area (TPSA) is 83.4 Å². The van der Waals surface area contributed by atoms with Crippen LogP contribution in [0, 0.1) is 6.92 Å². The van der Waals surface area contributed by atoms with E-state index in [1.54, 1.807) is 20.8 Å². The zero-order valence-electron chi connectivity index (χ0n) is 11.8. The molecular formula is C13H19N3O3. The Bertz CT molecular complexity index is 502. The van der Waals surface area contributed by atoms with E-state index in [0.29, 0.717) is 5.69 Å². The van der Waals surface area contributed by atoms with Gasteiger partial charge in [-0.15, -0.1) is 0 Å². The van der Waals surface area contributed by atoms with E-state index < -0.39 is 11.5 Å². The summed E-state index contributed by atoms with van der Waals surface area (Å²) in [4.78, 5) is 33.1. The molecule has 1 aromatic heterocycles. The summed E-state index contributed by atoms with van der Waals surface area (Å²) in [6.07, 6.45) is 2.93. The van der Waals surface area contributed by atoms with Crippen molar-refractivity contribution >= 4 is 11.9 Å². The van der Waals surface area contributed by atoms with Gasteiger partial charge in [0.25, 0.3) is 0 Å². The Morgan fingerprint density at radius 3 is 2.21 bits per heavy atom. The maximum Gasteiger partial charge on any atom is 0.335 e. The smallest absolute Gasteiger partial charge is 0.335 e. The van der Waals surface area contributed by atoms with Crippen LogP contribution in [0.5, 0.6) is 0 Å². The van der Waals surface area contributed by atoms with Gasteiger partial charge >= 0.3 is 5.97 Å². The number of hydrogen-bond donors (Lipinski definition) is 1. The monoisotopic (exact) mass is 265 g/mol. The van der Waals surface area contributed by atoms with Gasteiger partial charge in [0.1, 0.15) is 0 Å². The third-order valence-electron chi connectivity index (χ3n) is 3.10. The number of carboxylic acids is 1. The van der Waals surface area contributed by atoms with Gasteiger partial charge in [-0.3, -0.25) is 14.8 Å². The zero-order chi connectivity index (χ0) is 14.8. The fourth-order valence-corrected chi connectivity index (χ4v) is 2.40. The van der Waals surface area contributed by atoms with E-state index in [1.807, 2.05) is 0 Å². The van der Waals surface area contributed by atoms with E-state index in [-0.39, 0.29) is 17.6 Å². The summed E-state index contributed by atoms with van der Waals surface area (Å²) >= 11 is 0. The summed E-state index contributed by atoms with van der Waals surface area (Å²) < 4.78 is 0. The molecule has 1 unspecified atom stereocenters. The lowest BCUT2D eigenvalue weighted by Gasteiger charge is -2.40.